The summed E-state index contributed by atoms with van der Waals surface area (Å²) in [4.78, 5) is 14.5. The molecule has 3 spiro atoms. The number of hydrogen-bond acceptors (Lipinski definition) is 21. The smallest absolute Gasteiger partial charge is 0.308 e. The second-order valence-electron chi connectivity index (χ2n) is 27.7. The van der Waals surface area contributed by atoms with Crippen molar-refractivity contribution in [2.24, 2.45) is 11.8 Å². The molecule has 0 aromatic carbocycles. The zero-order valence-electron chi connectivity index (χ0n) is 47.8. The van der Waals surface area contributed by atoms with Gasteiger partial charge in [0, 0.05) is 71.3 Å². The molecule has 15 fully saturated rings. The summed E-state index contributed by atoms with van der Waals surface area (Å²) in [5.41, 5.74) is 2.01. The van der Waals surface area contributed by atoms with Crippen LogP contribution in [-0.2, 0) is 80.6 Å². The number of fused-ring (bicyclic) bond motifs is 15. The highest BCUT2D eigenvalue weighted by molar-refractivity contribution is 5.70. The maximum atomic E-state index is 14.5. The van der Waals surface area contributed by atoms with E-state index in [9.17, 15) is 25.2 Å². The standard InChI is InChI=1S/C61H88O21/c1-28-16-32-6-8-36-29(2)17-34(68-36)12-15-60-57(65)61(66,67-5)56(82-60)40-11-10-39(81-60)55-38(71-40)9-7-33(70-55)18-53(64)75-47-21-44-45(73-43(47)19-41(69-32)31(28)4)22-49-51(74-44)25-59(78-49)26-52-37(77-59)13-14-58(80-52)24-30(3)54-50(79-58)23-46-48(76-54)20-42(72-46)35(63)27-62/h28,30,32-52,54-57,62-63,65-66H,2,4,6-27H2,1,3,5H3/t28-,30+,32?,33?,34+,35+,36?,37+,38+,39-,40-,41?,42+,43?,44+,45+,46-,47-,48-,49-,50+,51-,52+,54+,55+,56-,57+,58+,59+,60-,61?/m1/s1. The Hall–Kier alpha value is -1.81. The Morgan fingerprint density at radius 1 is 0.561 bits per heavy atom. The monoisotopic (exact) mass is 1160 g/mol. The van der Waals surface area contributed by atoms with Gasteiger partial charge >= 0.3 is 5.97 Å². The molecule has 0 saturated carbocycles. The SMILES string of the molecule is C=C1C[C@@H]2CC[C@]34O[C@H]([C@H]5CC[C@@H](O3)[C@H]3OC(CC[C@@H]3O5)CC(=O)O[C@@H]3C[C@@H]5O[C@@H]6C[C@@]7(C[C@@H]8O[C@@]9(CC[C@@H]8O7)C[C@H](C)[C@@H]7O[C@@H]8C[C@@H]([C@@H](O)CO)O[C@@H]8C[C@@H]7O9)O[C@@H]6C[C@@H]5OC3CC3OC(CCC1O2)C[C@@H](C)C3=C)C(O)(OC)[C@H]4O. The van der Waals surface area contributed by atoms with Crippen molar-refractivity contribution in [3.05, 3.63) is 24.3 Å². The lowest BCUT2D eigenvalue weighted by atomic mass is 9.80. The molecule has 458 valence electrons. The molecule has 31 atom stereocenters. The van der Waals surface area contributed by atoms with Crippen LogP contribution >= 0.6 is 0 Å². The van der Waals surface area contributed by atoms with Crippen LogP contribution in [0.15, 0.2) is 24.3 Å². The second-order valence-corrected chi connectivity index (χ2v) is 27.7. The molecule has 0 radical (unpaired) electrons. The molecule has 82 heavy (non-hydrogen) atoms. The minimum absolute atomic E-state index is 0.00101. The van der Waals surface area contributed by atoms with Gasteiger partial charge in [0.25, 0.3) is 0 Å². The fourth-order valence-electron chi connectivity index (χ4n) is 18.1. The van der Waals surface area contributed by atoms with Crippen LogP contribution in [0, 0.1) is 11.8 Å². The Morgan fingerprint density at radius 3 is 2.07 bits per heavy atom. The van der Waals surface area contributed by atoms with Crippen LogP contribution in [0.2, 0.25) is 0 Å². The van der Waals surface area contributed by atoms with Gasteiger partial charge in [0.1, 0.15) is 24.4 Å². The van der Waals surface area contributed by atoms with Crippen molar-refractivity contribution < 1.29 is 101 Å². The molecule has 15 aliphatic heterocycles. The molecule has 0 aliphatic carbocycles. The number of rotatable bonds is 3. The van der Waals surface area contributed by atoms with E-state index in [1.807, 2.05) is 0 Å². The van der Waals surface area contributed by atoms with Gasteiger partial charge in [0.2, 0.25) is 11.6 Å². The van der Waals surface area contributed by atoms with E-state index >= 15 is 0 Å². The first-order valence-electron chi connectivity index (χ1n) is 31.6. The number of hydrogen-bond donors (Lipinski definition) is 4. The second kappa shape index (κ2) is 21.5. The van der Waals surface area contributed by atoms with Crippen LogP contribution in [0.5, 0.6) is 0 Å². The summed E-state index contributed by atoms with van der Waals surface area (Å²) < 4.78 is 108. The normalized spacial score (nSPS) is 56.6. The lowest BCUT2D eigenvalue weighted by Crippen LogP contribution is -2.61. The third kappa shape index (κ3) is 9.88. The molecule has 10 bridgehead atoms. The minimum Gasteiger partial charge on any atom is -0.459 e. The molecule has 15 saturated heterocycles. The average molecular weight is 1160 g/mol. The minimum atomic E-state index is -2.08. The Bertz CT molecular complexity index is 2420. The number of aliphatic hydroxyl groups is 4. The van der Waals surface area contributed by atoms with Gasteiger partial charge in [-0.2, -0.15) is 0 Å². The highest BCUT2D eigenvalue weighted by Crippen LogP contribution is 2.56. The molecule has 15 heterocycles. The molecule has 21 nitrogen and oxygen atoms in total. The third-order valence-electron chi connectivity index (χ3n) is 22.3. The first kappa shape index (κ1) is 56.7. The van der Waals surface area contributed by atoms with Crippen molar-refractivity contribution in [3.8, 4) is 0 Å². The maximum Gasteiger partial charge on any atom is 0.308 e. The Morgan fingerprint density at radius 2 is 1.23 bits per heavy atom. The van der Waals surface area contributed by atoms with Crippen LogP contribution in [0.1, 0.15) is 149 Å². The lowest BCUT2D eigenvalue weighted by molar-refractivity contribution is -0.362. The van der Waals surface area contributed by atoms with Crippen LogP contribution in [0.4, 0.5) is 0 Å². The van der Waals surface area contributed by atoms with E-state index < -0.39 is 96.3 Å². The first-order chi connectivity index (χ1) is 39.5. The van der Waals surface area contributed by atoms with Crippen molar-refractivity contribution in [2.75, 3.05) is 13.7 Å². The summed E-state index contributed by atoms with van der Waals surface area (Å²) in [6.07, 6.45) is 0.404. The molecule has 15 aliphatic rings. The van der Waals surface area contributed by atoms with E-state index in [0.29, 0.717) is 103 Å². The van der Waals surface area contributed by atoms with Gasteiger partial charge in [-0.25, -0.2) is 0 Å². The van der Waals surface area contributed by atoms with Crippen molar-refractivity contribution in [1.29, 1.82) is 0 Å². The molecule has 4 N–H and O–H groups in total. The number of ether oxygens (including phenoxy) is 16. The molecular weight excluding hydrogens is 1070 g/mol. The van der Waals surface area contributed by atoms with E-state index in [4.69, 9.17) is 75.8 Å². The Labute approximate surface area is 479 Å². The quantitative estimate of drug-likeness (QED) is 0.176. The fraction of sp³-hybridized carbons (Fsp3) is 0.918. The Balaban J connectivity index is 0.646. The fourth-order valence-corrected chi connectivity index (χ4v) is 18.1. The summed E-state index contributed by atoms with van der Waals surface area (Å²) in [6, 6.07) is 0. The molecule has 21 heteroatoms. The number of aliphatic hydroxyl groups excluding tert-OH is 3. The van der Waals surface area contributed by atoms with Gasteiger partial charge in [0.05, 0.1) is 135 Å². The summed E-state index contributed by atoms with van der Waals surface area (Å²) in [7, 11) is 1.37. The van der Waals surface area contributed by atoms with Crippen LogP contribution in [0.3, 0.4) is 0 Å². The molecule has 0 aromatic heterocycles. The zero-order valence-corrected chi connectivity index (χ0v) is 47.8. The zero-order chi connectivity index (χ0) is 56.2. The van der Waals surface area contributed by atoms with Crippen molar-refractivity contribution >= 4 is 5.97 Å². The van der Waals surface area contributed by atoms with Gasteiger partial charge in [-0.05, 0) is 87.2 Å². The van der Waals surface area contributed by atoms with Gasteiger partial charge in [0.15, 0.2) is 17.7 Å². The summed E-state index contributed by atoms with van der Waals surface area (Å²) in [6.45, 7) is 13.1. The first-order valence-corrected chi connectivity index (χ1v) is 31.6. The van der Waals surface area contributed by atoms with Gasteiger partial charge in [-0.1, -0.05) is 27.0 Å². The van der Waals surface area contributed by atoms with Gasteiger partial charge in [-0.3, -0.25) is 4.79 Å². The van der Waals surface area contributed by atoms with E-state index in [1.54, 1.807) is 0 Å². The van der Waals surface area contributed by atoms with Crippen molar-refractivity contribution in [1.82, 2.24) is 0 Å². The Kier molecular flexibility index (Phi) is 14.8. The van der Waals surface area contributed by atoms with Crippen LogP contribution < -0.4 is 0 Å². The van der Waals surface area contributed by atoms with E-state index in [-0.39, 0.29) is 117 Å². The predicted molar refractivity (Wildman–Crippen MR) is 281 cm³/mol. The largest absolute Gasteiger partial charge is 0.459 e. The summed E-state index contributed by atoms with van der Waals surface area (Å²) in [5.74, 6) is -5.49. The van der Waals surface area contributed by atoms with Crippen LogP contribution in [0.25, 0.3) is 0 Å². The molecular formula is C61H88O21. The predicted octanol–water partition coefficient (Wildman–Crippen LogP) is 4.16. The summed E-state index contributed by atoms with van der Waals surface area (Å²) >= 11 is 0. The summed E-state index contributed by atoms with van der Waals surface area (Å²) in [5, 5.41) is 44.0. The topological polar surface area (TPSA) is 246 Å². The van der Waals surface area contributed by atoms with Crippen molar-refractivity contribution in [3.63, 3.8) is 0 Å². The van der Waals surface area contributed by atoms with Gasteiger partial charge in [-0.15, -0.1) is 0 Å². The van der Waals surface area contributed by atoms with E-state index in [0.717, 1.165) is 30.4 Å². The lowest BCUT2D eigenvalue weighted by Gasteiger charge is -2.53. The van der Waals surface area contributed by atoms with Crippen LogP contribution in [-0.4, -0.2) is 216 Å². The van der Waals surface area contributed by atoms with Gasteiger partial charge < -0.3 is 96.2 Å². The number of esters is 1. The third-order valence-corrected chi connectivity index (χ3v) is 22.3. The molecule has 0 amide bonds. The molecule has 0 aromatic rings. The van der Waals surface area contributed by atoms with E-state index in [2.05, 4.69) is 27.0 Å². The number of methoxy groups -OCH3 is 1. The van der Waals surface area contributed by atoms with E-state index in [1.165, 1.54) is 7.11 Å². The molecule has 15 rings (SSSR count). The number of carbonyl (C=O) groups excluding carboxylic acids is 1. The average Bonchev–Trinajstić information content (AvgIpc) is 2.76. The van der Waals surface area contributed by atoms with Crippen molar-refractivity contribution in [2.45, 2.75) is 324 Å². The number of carbonyl (C=O) groups is 1. The highest BCUT2D eigenvalue weighted by Gasteiger charge is 2.70. The maximum absolute atomic E-state index is 14.5. The highest BCUT2D eigenvalue weighted by atomic mass is 16.8. The molecule has 6 unspecified atom stereocenters.